The molecule has 7 heteroatoms. The Balaban J connectivity index is 2.36. The molecule has 0 unspecified atom stereocenters. The molecule has 0 atom stereocenters. The zero-order valence-electron chi connectivity index (χ0n) is 16.4. The van der Waals surface area contributed by atoms with Gasteiger partial charge in [0.05, 0.1) is 17.9 Å². The summed E-state index contributed by atoms with van der Waals surface area (Å²) in [5, 5.41) is 9.50. The van der Waals surface area contributed by atoms with Crippen LogP contribution in [0.1, 0.15) is 44.0 Å². The Morgan fingerprint density at radius 1 is 1.37 bits per heavy atom. The second-order valence-corrected chi connectivity index (χ2v) is 6.95. The minimum absolute atomic E-state index is 0.141. The van der Waals surface area contributed by atoms with Gasteiger partial charge in [-0.2, -0.15) is 5.11 Å². The normalized spacial score (nSPS) is 11.1. The Hall–Kier alpha value is -2.83. The van der Waals surface area contributed by atoms with Crippen LogP contribution in [0, 0.1) is 5.53 Å². The van der Waals surface area contributed by atoms with Gasteiger partial charge in [-0.3, -0.25) is 0 Å². The average molecular weight is 370 g/mol. The first-order chi connectivity index (χ1) is 12.8. The summed E-state index contributed by atoms with van der Waals surface area (Å²) in [4.78, 5) is 8.91. The van der Waals surface area contributed by atoms with E-state index in [1.807, 2.05) is 12.1 Å². The van der Waals surface area contributed by atoms with Crippen LogP contribution in [0.25, 0.3) is 5.57 Å². The Kier molecular flexibility index (Phi) is 6.60. The lowest BCUT2D eigenvalue weighted by Gasteiger charge is -2.17. The quantitative estimate of drug-likeness (QED) is 0.519. The van der Waals surface area contributed by atoms with E-state index in [4.69, 9.17) is 5.53 Å². The fraction of sp³-hybridized carbons (Fsp3) is 0.400. The molecule has 0 amide bonds. The summed E-state index contributed by atoms with van der Waals surface area (Å²) in [6.45, 7) is 9.46. The Morgan fingerprint density at radius 3 is 2.70 bits per heavy atom. The molecule has 3 N–H and O–H groups in total. The standard InChI is InChI=1S/C20H27FN6/c1-6-7-16-15(11-24-19(26-16)25-12-20(3,4)21)13(2)14-8-9-17(27-22)18(10-14)23-5/h8-11,22-23H,2,6-7,12H2,1,3-5H3,(H,24,25,26). The van der Waals surface area contributed by atoms with Crippen molar-refractivity contribution in [3.05, 3.63) is 47.8 Å². The molecule has 1 aromatic carbocycles. The van der Waals surface area contributed by atoms with Crippen LogP contribution in [0.4, 0.5) is 21.7 Å². The van der Waals surface area contributed by atoms with Crippen molar-refractivity contribution in [2.75, 3.05) is 24.2 Å². The summed E-state index contributed by atoms with van der Waals surface area (Å²) >= 11 is 0. The van der Waals surface area contributed by atoms with Gasteiger partial charge in [-0.05, 0) is 43.5 Å². The van der Waals surface area contributed by atoms with Gasteiger partial charge >= 0.3 is 0 Å². The Bertz CT molecular complexity index is 826. The number of nitrogens with zero attached hydrogens (tertiary/aromatic N) is 3. The van der Waals surface area contributed by atoms with Crippen molar-refractivity contribution in [3.8, 4) is 0 Å². The van der Waals surface area contributed by atoms with Crippen LogP contribution in [-0.4, -0.2) is 29.2 Å². The molecular weight excluding hydrogens is 343 g/mol. The lowest BCUT2D eigenvalue weighted by Crippen LogP contribution is -2.25. The fourth-order valence-corrected chi connectivity index (χ4v) is 2.65. The first-order valence-corrected chi connectivity index (χ1v) is 8.96. The van der Waals surface area contributed by atoms with Gasteiger partial charge in [0.15, 0.2) is 0 Å². The monoisotopic (exact) mass is 370 g/mol. The van der Waals surface area contributed by atoms with E-state index in [0.717, 1.165) is 40.9 Å². The molecule has 2 aromatic rings. The van der Waals surface area contributed by atoms with Crippen LogP contribution in [0.2, 0.25) is 0 Å². The number of hydrogen-bond acceptors (Lipinski definition) is 6. The molecule has 27 heavy (non-hydrogen) atoms. The summed E-state index contributed by atoms with van der Waals surface area (Å²) < 4.78 is 13.7. The van der Waals surface area contributed by atoms with Crippen molar-refractivity contribution >= 4 is 22.9 Å². The van der Waals surface area contributed by atoms with Gasteiger partial charge in [0, 0.05) is 18.8 Å². The van der Waals surface area contributed by atoms with E-state index in [-0.39, 0.29) is 6.54 Å². The zero-order chi connectivity index (χ0) is 20.0. The average Bonchev–Trinajstić information content (AvgIpc) is 2.65. The summed E-state index contributed by atoms with van der Waals surface area (Å²) in [5.41, 5.74) is 10.6. The number of hydrogen-bond donors (Lipinski definition) is 3. The molecule has 0 saturated carbocycles. The van der Waals surface area contributed by atoms with Crippen LogP contribution in [0.15, 0.2) is 36.1 Å². The van der Waals surface area contributed by atoms with Gasteiger partial charge in [-0.25, -0.2) is 19.9 Å². The number of benzene rings is 1. The molecule has 0 radical (unpaired) electrons. The summed E-state index contributed by atoms with van der Waals surface area (Å²) in [7, 11) is 1.79. The number of anilines is 2. The molecular formula is C20H27FN6. The number of alkyl halides is 1. The molecule has 144 valence electrons. The fourth-order valence-electron chi connectivity index (χ4n) is 2.65. The van der Waals surface area contributed by atoms with Crippen molar-refractivity contribution in [1.82, 2.24) is 9.97 Å². The maximum atomic E-state index is 13.7. The van der Waals surface area contributed by atoms with Crippen LogP contribution in [-0.2, 0) is 6.42 Å². The highest BCUT2D eigenvalue weighted by Crippen LogP contribution is 2.31. The Morgan fingerprint density at radius 2 is 2.11 bits per heavy atom. The highest BCUT2D eigenvalue weighted by atomic mass is 19.1. The number of nitrogens with one attached hydrogen (secondary N) is 3. The zero-order valence-corrected chi connectivity index (χ0v) is 16.4. The van der Waals surface area contributed by atoms with Gasteiger partial charge < -0.3 is 10.6 Å². The molecule has 0 fully saturated rings. The van der Waals surface area contributed by atoms with Crippen LogP contribution < -0.4 is 10.6 Å². The van der Waals surface area contributed by atoms with Crippen molar-refractivity contribution in [3.63, 3.8) is 0 Å². The maximum Gasteiger partial charge on any atom is 0.222 e. The molecule has 0 aliphatic carbocycles. The van der Waals surface area contributed by atoms with E-state index in [1.54, 1.807) is 19.3 Å². The summed E-state index contributed by atoms with van der Waals surface area (Å²) in [6.07, 6.45) is 3.42. The van der Waals surface area contributed by atoms with E-state index in [2.05, 4.69) is 39.2 Å². The van der Waals surface area contributed by atoms with Gasteiger partial charge in [-0.1, -0.05) is 26.0 Å². The van der Waals surface area contributed by atoms with Gasteiger partial charge in [0.1, 0.15) is 11.4 Å². The van der Waals surface area contributed by atoms with Gasteiger partial charge in [0.2, 0.25) is 5.95 Å². The number of aromatic nitrogens is 2. The predicted octanol–water partition coefficient (Wildman–Crippen LogP) is 5.35. The van der Waals surface area contributed by atoms with E-state index in [1.165, 1.54) is 13.8 Å². The highest BCUT2D eigenvalue weighted by molar-refractivity contribution is 5.82. The largest absolute Gasteiger partial charge is 0.386 e. The first-order valence-electron chi connectivity index (χ1n) is 8.96. The van der Waals surface area contributed by atoms with Crippen molar-refractivity contribution in [2.24, 2.45) is 5.11 Å². The summed E-state index contributed by atoms with van der Waals surface area (Å²) in [5.74, 6) is 0.417. The molecule has 0 spiro atoms. The highest BCUT2D eigenvalue weighted by Gasteiger charge is 2.17. The van der Waals surface area contributed by atoms with Crippen molar-refractivity contribution in [2.45, 2.75) is 39.3 Å². The van der Waals surface area contributed by atoms with E-state index < -0.39 is 5.67 Å². The topological polar surface area (TPSA) is 86.0 Å². The van der Waals surface area contributed by atoms with Crippen molar-refractivity contribution in [1.29, 1.82) is 5.53 Å². The van der Waals surface area contributed by atoms with Crippen LogP contribution in [0.3, 0.4) is 0 Å². The minimum atomic E-state index is -1.34. The van der Waals surface area contributed by atoms with E-state index >= 15 is 0 Å². The SMILES string of the molecule is C=C(c1ccc(N=N)c(NC)c1)c1cnc(NCC(C)(C)F)nc1CCC. The van der Waals surface area contributed by atoms with Gasteiger partial charge in [0.25, 0.3) is 0 Å². The van der Waals surface area contributed by atoms with Crippen LogP contribution >= 0.6 is 0 Å². The Labute approximate surface area is 159 Å². The van der Waals surface area contributed by atoms with Crippen molar-refractivity contribution < 1.29 is 4.39 Å². The van der Waals surface area contributed by atoms with E-state index in [9.17, 15) is 4.39 Å². The predicted molar refractivity (Wildman–Crippen MR) is 109 cm³/mol. The second-order valence-electron chi connectivity index (χ2n) is 6.95. The molecule has 1 heterocycles. The van der Waals surface area contributed by atoms with Crippen LogP contribution in [0.5, 0.6) is 0 Å². The third-order valence-corrected chi connectivity index (χ3v) is 4.08. The van der Waals surface area contributed by atoms with E-state index in [0.29, 0.717) is 11.6 Å². The molecule has 6 nitrogen and oxygen atoms in total. The third kappa shape index (κ3) is 5.32. The number of rotatable bonds is 9. The number of halogens is 1. The minimum Gasteiger partial charge on any atom is -0.386 e. The molecule has 2 rings (SSSR count). The molecule has 0 saturated heterocycles. The lowest BCUT2D eigenvalue weighted by atomic mass is 9.97. The maximum absolute atomic E-state index is 13.7. The smallest absolute Gasteiger partial charge is 0.222 e. The first kappa shape index (κ1) is 20.5. The molecule has 0 aliphatic rings. The van der Waals surface area contributed by atoms with Gasteiger partial charge in [-0.15, -0.1) is 0 Å². The third-order valence-electron chi connectivity index (χ3n) is 4.08. The number of aryl methyl sites for hydroxylation is 1. The second kappa shape index (κ2) is 8.70. The molecule has 0 aliphatic heterocycles. The summed E-state index contributed by atoms with van der Waals surface area (Å²) in [6, 6.07) is 5.56. The molecule has 0 bridgehead atoms. The lowest BCUT2D eigenvalue weighted by molar-refractivity contribution is 0.234. The molecule has 1 aromatic heterocycles.